The van der Waals surface area contributed by atoms with Gasteiger partial charge in [-0.2, -0.15) is 5.26 Å². The normalized spacial score (nSPS) is 13.1. The van der Waals surface area contributed by atoms with Crippen molar-refractivity contribution < 1.29 is 0 Å². The smallest absolute Gasteiger partial charge is 0.147 e. The fourth-order valence-corrected chi connectivity index (χ4v) is 3.04. The van der Waals surface area contributed by atoms with Gasteiger partial charge >= 0.3 is 0 Å². The maximum absolute atomic E-state index is 9.22. The first-order valence-corrected chi connectivity index (χ1v) is 6.77. The summed E-state index contributed by atoms with van der Waals surface area (Å²) in [7, 11) is 0. The highest BCUT2D eigenvalue weighted by Crippen LogP contribution is 2.36. The third-order valence-electron chi connectivity index (χ3n) is 3.73. The molecule has 1 aliphatic rings. The second-order valence-corrected chi connectivity index (χ2v) is 5.22. The van der Waals surface area contributed by atoms with E-state index in [1.165, 1.54) is 11.1 Å². The molecule has 2 nitrogen and oxygen atoms in total. The van der Waals surface area contributed by atoms with Crippen LogP contribution in [0.15, 0.2) is 24.3 Å². The first-order chi connectivity index (χ1) is 9.22. The molecule has 3 rings (SSSR count). The lowest BCUT2D eigenvalue weighted by molar-refractivity contribution is 0.911. The summed E-state index contributed by atoms with van der Waals surface area (Å²) in [5, 5.41) is 9.56. The van der Waals surface area contributed by atoms with Crippen LogP contribution < -0.4 is 0 Å². The monoisotopic (exact) mass is 268 g/mol. The molecule has 1 aromatic heterocycles. The number of aryl methyl sites for hydroxylation is 1. The van der Waals surface area contributed by atoms with Crippen molar-refractivity contribution in [2.24, 2.45) is 0 Å². The van der Waals surface area contributed by atoms with E-state index in [0.29, 0.717) is 10.7 Å². The molecule has 0 aliphatic heterocycles. The molecule has 0 atom stereocenters. The van der Waals surface area contributed by atoms with Gasteiger partial charge in [0.1, 0.15) is 11.2 Å². The quantitative estimate of drug-likeness (QED) is 0.731. The highest BCUT2D eigenvalue weighted by molar-refractivity contribution is 6.30. The Morgan fingerprint density at radius 2 is 1.95 bits per heavy atom. The number of rotatable bonds is 1. The van der Waals surface area contributed by atoms with E-state index in [1.807, 2.05) is 12.1 Å². The van der Waals surface area contributed by atoms with E-state index in [4.69, 9.17) is 11.6 Å². The Morgan fingerprint density at radius 3 is 2.68 bits per heavy atom. The first-order valence-electron chi connectivity index (χ1n) is 6.39. The van der Waals surface area contributed by atoms with Crippen molar-refractivity contribution in [3.8, 4) is 17.3 Å². The third kappa shape index (κ3) is 1.91. The van der Waals surface area contributed by atoms with Crippen LogP contribution in [0.5, 0.6) is 0 Å². The molecular formula is C16H13ClN2. The van der Waals surface area contributed by atoms with Gasteiger partial charge in [-0.1, -0.05) is 35.9 Å². The molecule has 0 saturated carbocycles. The van der Waals surface area contributed by atoms with Crippen LogP contribution in [0.4, 0.5) is 0 Å². The summed E-state index contributed by atoms with van der Waals surface area (Å²) < 4.78 is 0. The lowest BCUT2D eigenvalue weighted by Crippen LogP contribution is -1.99. The van der Waals surface area contributed by atoms with Crippen LogP contribution in [0.2, 0.25) is 5.15 Å². The minimum absolute atomic E-state index is 0.335. The van der Waals surface area contributed by atoms with Crippen LogP contribution in [0.1, 0.15) is 28.7 Å². The van der Waals surface area contributed by atoms with Gasteiger partial charge < -0.3 is 0 Å². The number of hydrogen-bond acceptors (Lipinski definition) is 2. The molecule has 0 amide bonds. The van der Waals surface area contributed by atoms with Gasteiger partial charge in [0.25, 0.3) is 0 Å². The van der Waals surface area contributed by atoms with E-state index in [0.717, 1.165) is 36.1 Å². The summed E-state index contributed by atoms with van der Waals surface area (Å²) in [6.07, 6.45) is 2.99. The molecule has 0 spiro atoms. The predicted octanol–water partition coefficient (Wildman–Crippen LogP) is 4.07. The van der Waals surface area contributed by atoms with E-state index in [-0.39, 0.29) is 0 Å². The van der Waals surface area contributed by atoms with Crippen molar-refractivity contribution in [1.29, 1.82) is 5.26 Å². The van der Waals surface area contributed by atoms with Gasteiger partial charge in [0.15, 0.2) is 0 Å². The van der Waals surface area contributed by atoms with Crippen LogP contribution in [0, 0.1) is 18.3 Å². The highest BCUT2D eigenvalue weighted by atomic mass is 35.5. The minimum atomic E-state index is 0.335. The number of nitrogens with zero attached hydrogens (tertiary/aromatic N) is 2. The zero-order chi connectivity index (χ0) is 13.4. The molecule has 3 heteroatoms. The van der Waals surface area contributed by atoms with Crippen LogP contribution >= 0.6 is 11.6 Å². The first kappa shape index (κ1) is 12.2. The molecule has 2 aromatic rings. The summed E-state index contributed by atoms with van der Waals surface area (Å²) >= 11 is 6.18. The number of fused-ring (bicyclic) bond motifs is 1. The van der Waals surface area contributed by atoms with E-state index in [9.17, 15) is 5.26 Å². The lowest BCUT2D eigenvalue weighted by Gasteiger charge is -2.12. The number of benzene rings is 1. The Bertz CT molecular complexity index is 699. The largest absolute Gasteiger partial charge is 0.234 e. The minimum Gasteiger partial charge on any atom is -0.234 e. The lowest BCUT2D eigenvalue weighted by atomic mass is 9.97. The Balaban J connectivity index is 2.31. The molecule has 0 bridgehead atoms. The SMILES string of the molecule is Cc1ccccc1-c1nc(Cl)c(C#N)c2c1CCC2. The van der Waals surface area contributed by atoms with E-state index in [1.54, 1.807) is 0 Å². The summed E-state index contributed by atoms with van der Waals surface area (Å²) in [6.45, 7) is 2.07. The third-order valence-corrected chi connectivity index (χ3v) is 4.01. The van der Waals surface area contributed by atoms with Crippen molar-refractivity contribution in [3.63, 3.8) is 0 Å². The van der Waals surface area contributed by atoms with Crippen LogP contribution in [0.3, 0.4) is 0 Å². The van der Waals surface area contributed by atoms with E-state index >= 15 is 0 Å². The van der Waals surface area contributed by atoms with Gasteiger partial charge in [0, 0.05) is 5.56 Å². The molecular weight excluding hydrogens is 256 g/mol. The van der Waals surface area contributed by atoms with E-state index < -0.39 is 0 Å². The van der Waals surface area contributed by atoms with Crippen molar-refractivity contribution in [1.82, 2.24) is 4.98 Å². The van der Waals surface area contributed by atoms with Gasteiger partial charge in [-0.15, -0.1) is 0 Å². The zero-order valence-corrected chi connectivity index (χ0v) is 11.5. The second kappa shape index (κ2) is 4.68. The average Bonchev–Trinajstić information content (AvgIpc) is 2.88. The summed E-state index contributed by atoms with van der Waals surface area (Å²) in [4.78, 5) is 4.49. The van der Waals surface area contributed by atoms with Crippen LogP contribution in [-0.4, -0.2) is 4.98 Å². The number of aromatic nitrogens is 1. The molecule has 94 valence electrons. The molecule has 0 fully saturated rings. The van der Waals surface area contributed by atoms with Crippen LogP contribution in [-0.2, 0) is 12.8 Å². The van der Waals surface area contributed by atoms with Crippen LogP contribution in [0.25, 0.3) is 11.3 Å². The number of hydrogen-bond donors (Lipinski definition) is 0. The zero-order valence-electron chi connectivity index (χ0n) is 10.7. The van der Waals surface area contributed by atoms with Crippen molar-refractivity contribution in [2.75, 3.05) is 0 Å². The van der Waals surface area contributed by atoms with Crippen molar-refractivity contribution in [2.45, 2.75) is 26.2 Å². The van der Waals surface area contributed by atoms with Gasteiger partial charge in [0.05, 0.1) is 11.3 Å². The summed E-state index contributed by atoms with van der Waals surface area (Å²) in [5.41, 5.74) is 6.12. The maximum Gasteiger partial charge on any atom is 0.147 e. The molecule has 1 aliphatic carbocycles. The Labute approximate surface area is 117 Å². The Kier molecular flexibility index (Phi) is 3.00. The summed E-state index contributed by atoms with van der Waals surface area (Å²) in [5.74, 6) is 0. The van der Waals surface area contributed by atoms with Crippen molar-refractivity contribution in [3.05, 3.63) is 51.7 Å². The Hall–Kier alpha value is -1.85. The summed E-state index contributed by atoms with van der Waals surface area (Å²) in [6, 6.07) is 10.4. The van der Waals surface area contributed by atoms with Gasteiger partial charge in [-0.05, 0) is 42.9 Å². The standard InChI is InChI=1S/C16H13ClN2/c1-10-5-2-3-6-11(10)15-13-8-4-7-12(13)14(9-18)16(17)19-15/h2-3,5-6H,4,7-8H2,1H3. The average molecular weight is 269 g/mol. The molecule has 1 aromatic carbocycles. The topological polar surface area (TPSA) is 36.7 Å². The van der Waals surface area contributed by atoms with Gasteiger partial charge in [-0.3, -0.25) is 0 Å². The number of pyridine rings is 1. The fraction of sp³-hybridized carbons (Fsp3) is 0.250. The molecule has 0 unspecified atom stereocenters. The van der Waals surface area contributed by atoms with Crippen molar-refractivity contribution >= 4 is 11.6 Å². The predicted molar refractivity (Wildman–Crippen MR) is 76.2 cm³/mol. The second-order valence-electron chi connectivity index (χ2n) is 4.86. The van der Waals surface area contributed by atoms with Gasteiger partial charge in [0.2, 0.25) is 0 Å². The molecule has 0 saturated heterocycles. The maximum atomic E-state index is 9.22. The fourth-order valence-electron chi connectivity index (χ4n) is 2.80. The molecule has 0 N–H and O–H groups in total. The van der Waals surface area contributed by atoms with E-state index in [2.05, 4.69) is 30.1 Å². The number of halogens is 1. The molecule has 19 heavy (non-hydrogen) atoms. The molecule has 1 heterocycles. The molecule has 0 radical (unpaired) electrons. The Morgan fingerprint density at radius 1 is 1.21 bits per heavy atom. The number of nitriles is 1. The van der Waals surface area contributed by atoms with Gasteiger partial charge in [-0.25, -0.2) is 4.98 Å². The highest BCUT2D eigenvalue weighted by Gasteiger charge is 2.23.